The number of carbonyl (C=O) groups excluding carboxylic acids is 1. The van der Waals surface area contributed by atoms with Gasteiger partial charge >= 0.3 is 0 Å². The molecule has 0 aliphatic carbocycles. The maximum absolute atomic E-state index is 12.1. The third kappa shape index (κ3) is 4.11. The van der Waals surface area contributed by atoms with E-state index in [1.54, 1.807) is 17.8 Å². The number of carbonyl (C=O) groups is 1. The van der Waals surface area contributed by atoms with Crippen LogP contribution in [-0.2, 0) is 6.54 Å². The number of nitrogens with zero attached hydrogens (tertiary/aromatic N) is 4. The molecule has 3 heterocycles. The second-order valence-corrected chi connectivity index (χ2v) is 6.04. The summed E-state index contributed by atoms with van der Waals surface area (Å²) in [5.74, 6) is 0.244. The van der Waals surface area contributed by atoms with Gasteiger partial charge in [-0.05, 0) is 31.5 Å². The van der Waals surface area contributed by atoms with Crippen molar-refractivity contribution >= 4 is 28.3 Å². The van der Waals surface area contributed by atoms with Gasteiger partial charge in [0, 0.05) is 35.7 Å². The first-order valence-corrected chi connectivity index (χ1v) is 8.20. The third-order valence-electron chi connectivity index (χ3n) is 3.11. The number of pyridine rings is 1. The van der Waals surface area contributed by atoms with Gasteiger partial charge in [-0.3, -0.25) is 9.78 Å². The van der Waals surface area contributed by atoms with Crippen molar-refractivity contribution in [3.8, 4) is 0 Å². The highest BCUT2D eigenvalue weighted by Gasteiger charge is 2.11. The molecule has 0 bridgehead atoms. The molecule has 0 saturated heterocycles. The number of hydrogen-bond acceptors (Lipinski definition) is 7. The van der Waals surface area contributed by atoms with Crippen molar-refractivity contribution in [2.45, 2.75) is 20.4 Å². The van der Waals surface area contributed by atoms with Crippen LogP contribution in [0.1, 0.15) is 27.4 Å². The molecule has 0 unspecified atom stereocenters. The lowest BCUT2D eigenvalue weighted by Crippen LogP contribution is -2.23. The second kappa shape index (κ2) is 7.14. The lowest BCUT2D eigenvalue weighted by molar-refractivity contribution is 0.0946. The molecule has 1 amide bonds. The van der Waals surface area contributed by atoms with Crippen LogP contribution in [0.5, 0.6) is 0 Å². The number of hydrogen-bond donors (Lipinski definition) is 2. The molecule has 8 heteroatoms. The van der Waals surface area contributed by atoms with E-state index < -0.39 is 0 Å². The molecule has 0 saturated carbocycles. The molecule has 3 aromatic rings. The maximum Gasteiger partial charge on any atom is 0.271 e. The zero-order chi connectivity index (χ0) is 16.9. The van der Waals surface area contributed by atoms with E-state index in [0.29, 0.717) is 23.3 Å². The summed E-state index contributed by atoms with van der Waals surface area (Å²) in [5, 5.41) is 8.12. The summed E-state index contributed by atoms with van der Waals surface area (Å²) in [4.78, 5) is 29.0. The fourth-order valence-corrected chi connectivity index (χ4v) is 2.77. The average Bonchev–Trinajstić information content (AvgIpc) is 3.01. The standard InChI is InChI=1S/C16H16N6OS/c1-10-6-11(2)20-15(19-10)22-16-21-13(9-24-16)14(23)18-8-12-4-3-5-17-7-12/h3-7,9H,8H2,1-2H3,(H,18,23)(H,19,20,21,22). The summed E-state index contributed by atoms with van der Waals surface area (Å²) >= 11 is 1.33. The fraction of sp³-hybridized carbons (Fsp3) is 0.188. The molecule has 0 radical (unpaired) electrons. The summed E-state index contributed by atoms with van der Waals surface area (Å²) in [6, 6.07) is 5.62. The monoisotopic (exact) mass is 340 g/mol. The van der Waals surface area contributed by atoms with E-state index in [1.807, 2.05) is 32.0 Å². The van der Waals surface area contributed by atoms with E-state index in [1.165, 1.54) is 11.3 Å². The minimum Gasteiger partial charge on any atom is -0.347 e. The lowest BCUT2D eigenvalue weighted by Gasteiger charge is -2.03. The Kier molecular flexibility index (Phi) is 4.76. The van der Waals surface area contributed by atoms with Gasteiger partial charge in [0.1, 0.15) is 5.69 Å². The predicted molar refractivity (Wildman–Crippen MR) is 92.3 cm³/mol. The quantitative estimate of drug-likeness (QED) is 0.742. The Morgan fingerprint density at radius 1 is 1.21 bits per heavy atom. The van der Waals surface area contributed by atoms with E-state index >= 15 is 0 Å². The Morgan fingerprint density at radius 3 is 2.71 bits per heavy atom. The fourth-order valence-electron chi connectivity index (χ4n) is 2.09. The molecule has 0 aliphatic rings. The highest BCUT2D eigenvalue weighted by Crippen LogP contribution is 2.19. The Bertz CT molecular complexity index is 829. The topological polar surface area (TPSA) is 92.7 Å². The van der Waals surface area contributed by atoms with Crippen molar-refractivity contribution in [3.05, 3.63) is 58.6 Å². The van der Waals surface area contributed by atoms with Gasteiger partial charge in [0.25, 0.3) is 5.91 Å². The first-order chi connectivity index (χ1) is 11.6. The molecule has 0 aromatic carbocycles. The van der Waals surface area contributed by atoms with Crippen LogP contribution in [-0.4, -0.2) is 25.8 Å². The first kappa shape index (κ1) is 16.0. The lowest BCUT2D eigenvalue weighted by atomic mass is 10.3. The number of aryl methyl sites for hydroxylation is 2. The van der Waals surface area contributed by atoms with Crippen LogP contribution in [0.15, 0.2) is 36.0 Å². The molecule has 3 aromatic heterocycles. The molecule has 24 heavy (non-hydrogen) atoms. The number of rotatable bonds is 5. The predicted octanol–water partition coefficient (Wildman–Crippen LogP) is 2.62. The number of nitrogens with one attached hydrogen (secondary N) is 2. The van der Waals surface area contributed by atoms with Gasteiger partial charge in [0.05, 0.1) is 0 Å². The summed E-state index contributed by atoms with van der Waals surface area (Å²) in [7, 11) is 0. The van der Waals surface area contributed by atoms with Gasteiger partial charge in [0.2, 0.25) is 5.95 Å². The Balaban J connectivity index is 1.63. The first-order valence-electron chi connectivity index (χ1n) is 7.32. The Labute approximate surface area is 143 Å². The van der Waals surface area contributed by atoms with Crippen molar-refractivity contribution in [2.75, 3.05) is 5.32 Å². The van der Waals surface area contributed by atoms with Crippen LogP contribution < -0.4 is 10.6 Å². The van der Waals surface area contributed by atoms with Crippen molar-refractivity contribution in [1.29, 1.82) is 0 Å². The normalized spacial score (nSPS) is 10.4. The Morgan fingerprint density at radius 2 is 2.00 bits per heavy atom. The molecule has 7 nitrogen and oxygen atoms in total. The van der Waals surface area contributed by atoms with Crippen molar-refractivity contribution in [3.63, 3.8) is 0 Å². The third-order valence-corrected chi connectivity index (χ3v) is 3.87. The smallest absolute Gasteiger partial charge is 0.271 e. The summed E-state index contributed by atoms with van der Waals surface area (Å²) < 4.78 is 0. The van der Waals surface area contributed by atoms with E-state index in [0.717, 1.165) is 17.0 Å². The van der Waals surface area contributed by atoms with Gasteiger partial charge in [0.15, 0.2) is 5.13 Å². The van der Waals surface area contributed by atoms with Crippen molar-refractivity contribution < 1.29 is 4.79 Å². The van der Waals surface area contributed by atoms with Crippen molar-refractivity contribution in [1.82, 2.24) is 25.3 Å². The molecule has 3 rings (SSSR count). The summed E-state index contributed by atoms with van der Waals surface area (Å²) in [5.41, 5.74) is 3.03. The molecular weight excluding hydrogens is 324 g/mol. The maximum atomic E-state index is 12.1. The van der Waals surface area contributed by atoms with Gasteiger partial charge in [-0.15, -0.1) is 11.3 Å². The molecule has 0 fully saturated rings. The van der Waals surface area contributed by atoms with E-state index in [-0.39, 0.29) is 5.91 Å². The second-order valence-electron chi connectivity index (χ2n) is 5.18. The minimum atomic E-state index is -0.232. The molecular formula is C16H16N6OS. The molecule has 0 atom stereocenters. The summed E-state index contributed by atoms with van der Waals surface area (Å²) in [6.45, 7) is 4.21. The highest BCUT2D eigenvalue weighted by molar-refractivity contribution is 7.14. The molecule has 0 aliphatic heterocycles. The van der Waals surface area contributed by atoms with Gasteiger partial charge < -0.3 is 10.6 Å². The van der Waals surface area contributed by atoms with E-state index in [4.69, 9.17) is 0 Å². The molecule has 0 spiro atoms. The highest BCUT2D eigenvalue weighted by atomic mass is 32.1. The molecule has 2 N–H and O–H groups in total. The van der Waals surface area contributed by atoms with E-state index in [2.05, 4.69) is 30.6 Å². The summed E-state index contributed by atoms with van der Waals surface area (Å²) in [6.07, 6.45) is 3.41. The van der Waals surface area contributed by atoms with Crippen LogP contribution in [0.2, 0.25) is 0 Å². The van der Waals surface area contributed by atoms with Crippen LogP contribution in [0.4, 0.5) is 11.1 Å². The number of amides is 1. The van der Waals surface area contributed by atoms with Crippen molar-refractivity contribution in [2.24, 2.45) is 0 Å². The largest absolute Gasteiger partial charge is 0.347 e. The van der Waals surface area contributed by atoms with Crippen LogP contribution in [0.3, 0.4) is 0 Å². The SMILES string of the molecule is Cc1cc(C)nc(Nc2nc(C(=O)NCc3cccnc3)cs2)n1. The number of aromatic nitrogens is 4. The van der Waals surface area contributed by atoms with Gasteiger partial charge in [-0.25, -0.2) is 15.0 Å². The molecule has 122 valence electrons. The van der Waals surface area contributed by atoms with Crippen LogP contribution >= 0.6 is 11.3 Å². The van der Waals surface area contributed by atoms with Crippen LogP contribution in [0.25, 0.3) is 0 Å². The Hall–Kier alpha value is -2.87. The zero-order valence-corrected chi connectivity index (χ0v) is 14.1. The number of thiazole rings is 1. The minimum absolute atomic E-state index is 0.232. The van der Waals surface area contributed by atoms with Gasteiger partial charge in [-0.1, -0.05) is 6.07 Å². The van der Waals surface area contributed by atoms with Gasteiger partial charge in [-0.2, -0.15) is 0 Å². The number of anilines is 2. The zero-order valence-electron chi connectivity index (χ0n) is 13.3. The average molecular weight is 340 g/mol. The van der Waals surface area contributed by atoms with Crippen LogP contribution in [0, 0.1) is 13.8 Å². The van der Waals surface area contributed by atoms with E-state index in [9.17, 15) is 4.79 Å².